The lowest BCUT2D eigenvalue weighted by atomic mass is 9.97. The molecule has 0 radical (unpaired) electrons. The Balaban J connectivity index is 2.37. The normalized spacial score (nSPS) is 13.8. The van der Waals surface area contributed by atoms with Gasteiger partial charge in [0, 0.05) is 11.3 Å². The third-order valence-corrected chi connectivity index (χ3v) is 5.11. The van der Waals surface area contributed by atoms with Gasteiger partial charge in [-0.05, 0) is 30.5 Å². The summed E-state index contributed by atoms with van der Waals surface area (Å²) in [7, 11) is -1.31. The lowest BCUT2D eigenvalue weighted by Crippen LogP contribution is -2.32. The van der Waals surface area contributed by atoms with Gasteiger partial charge in [0.15, 0.2) is 23.3 Å². The highest BCUT2D eigenvalue weighted by molar-refractivity contribution is 6.41. The molecule has 37 heavy (non-hydrogen) atoms. The Labute approximate surface area is 206 Å². The summed E-state index contributed by atoms with van der Waals surface area (Å²) < 4.78 is 101. The molecular formula is C23H15BF6N2O5. The van der Waals surface area contributed by atoms with Crippen LogP contribution in [0.3, 0.4) is 0 Å². The van der Waals surface area contributed by atoms with E-state index in [-0.39, 0.29) is 10.2 Å². The first-order valence-corrected chi connectivity index (χ1v) is 10.1. The molecule has 0 bridgehead atoms. The average Bonchev–Trinajstić information content (AvgIpc) is 3.55. The first kappa shape index (κ1) is 27.2. The van der Waals surface area contributed by atoms with Crippen LogP contribution in [0.5, 0.6) is 5.75 Å². The number of allylic oxidation sites excluding steroid dienone is 2. The van der Waals surface area contributed by atoms with E-state index in [2.05, 4.69) is 19.2 Å². The van der Waals surface area contributed by atoms with Crippen LogP contribution < -0.4 is 4.74 Å². The molecule has 3 rings (SSSR count). The molecule has 1 aromatic carbocycles. The minimum atomic E-state index is -3.24. The van der Waals surface area contributed by atoms with Crippen molar-refractivity contribution in [3.63, 3.8) is 0 Å². The molecule has 7 nitrogen and oxygen atoms in total. The molecule has 2 aromatic rings. The summed E-state index contributed by atoms with van der Waals surface area (Å²) in [5.74, 6) is -11.5. The van der Waals surface area contributed by atoms with Gasteiger partial charge in [-0.15, -0.1) is 6.42 Å². The second kappa shape index (κ2) is 11.1. The molecule has 14 heteroatoms. The number of esters is 2. The fourth-order valence-electron chi connectivity index (χ4n) is 3.49. The van der Waals surface area contributed by atoms with Gasteiger partial charge in [0.25, 0.3) is 0 Å². The van der Waals surface area contributed by atoms with Crippen molar-refractivity contribution < 1.29 is 50.0 Å². The van der Waals surface area contributed by atoms with Crippen LogP contribution in [-0.2, 0) is 19.1 Å². The lowest BCUT2D eigenvalue weighted by molar-refractivity contribution is -0.155. The minimum absolute atomic E-state index is 0.263. The number of hydrogen-bond donors (Lipinski definition) is 0. The Kier molecular flexibility index (Phi) is 8.16. The number of terminal acetylenes is 1. The van der Waals surface area contributed by atoms with Crippen molar-refractivity contribution in [2.45, 2.75) is 0 Å². The van der Waals surface area contributed by atoms with Crippen LogP contribution in [0.1, 0.15) is 11.3 Å². The molecule has 0 unspecified atom stereocenters. The maximum Gasteiger partial charge on any atom is 0.677 e. The smallest absolute Gasteiger partial charge is 0.475 e. The number of hydrogen-bond acceptors (Lipinski definition) is 6. The number of carbonyl (C=O) groups is 2. The minimum Gasteiger partial charge on any atom is -0.475 e. The van der Waals surface area contributed by atoms with Crippen molar-refractivity contribution in [3.05, 3.63) is 70.7 Å². The van der Waals surface area contributed by atoms with Gasteiger partial charge in [-0.25, -0.2) is 8.78 Å². The quantitative estimate of drug-likeness (QED) is 0.132. The van der Waals surface area contributed by atoms with Crippen molar-refractivity contribution in [1.82, 2.24) is 4.48 Å². The molecule has 1 aliphatic rings. The van der Waals surface area contributed by atoms with Gasteiger partial charge in [0.2, 0.25) is 11.6 Å². The zero-order chi connectivity index (χ0) is 27.4. The van der Waals surface area contributed by atoms with Gasteiger partial charge < -0.3 is 18.7 Å². The molecule has 0 saturated heterocycles. The lowest BCUT2D eigenvalue weighted by Gasteiger charge is -2.17. The Hall–Kier alpha value is -4.41. The SMILES string of the molecule is C#CCOc1c(F)c(F)c(/C(=C2/C=CC(C(C(=O)OC)C(=O)OC)=N2)c2cccn2B(F)F)c(F)c1F. The van der Waals surface area contributed by atoms with Crippen LogP contribution in [0.4, 0.5) is 26.2 Å². The fourth-order valence-corrected chi connectivity index (χ4v) is 3.49. The summed E-state index contributed by atoms with van der Waals surface area (Å²) in [5, 5.41) is 0. The number of benzene rings is 1. The summed E-state index contributed by atoms with van der Waals surface area (Å²) in [6, 6.07) is 2.08. The number of ether oxygens (including phenoxy) is 3. The van der Waals surface area contributed by atoms with Crippen LogP contribution in [-0.4, -0.2) is 50.4 Å². The monoisotopic (exact) mass is 524 g/mol. The summed E-state index contributed by atoms with van der Waals surface area (Å²) in [4.78, 5) is 28.2. The third kappa shape index (κ3) is 4.97. The van der Waals surface area contributed by atoms with Gasteiger partial charge in [0.1, 0.15) is 6.61 Å². The topological polar surface area (TPSA) is 79.1 Å². The number of aromatic nitrogens is 1. The van der Waals surface area contributed by atoms with E-state index in [0.29, 0.717) is 0 Å². The van der Waals surface area contributed by atoms with Crippen molar-refractivity contribution in [2.75, 3.05) is 20.8 Å². The summed E-state index contributed by atoms with van der Waals surface area (Å²) in [6.45, 7) is -0.729. The highest BCUT2D eigenvalue weighted by atomic mass is 19.2. The van der Waals surface area contributed by atoms with Crippen LogP contribution in [0, 0.1) is 41.5 Å². The van der Waals surface area contributed by atoms with E-state index in [9.17, 15) is 27.0 Å². The molecule has 1 aliphatic heterocycles. The second-order valence-electron chi connectivity index (χ2n) is 7.14. The first-order valence-electron chi connectivity index (χ1n) is 10.1. The van der Waals surface area contributed by atoms with Crippen molar-refractivity contribution in [3.8, 4) is 18.1 Å². The molecule has 1 aromatic heterocycles. The Morgan fingerprint density at radius 1 is 1.05 bits per heavy atom. The van der Waals surface area contributed by atoms with E-state index in [1.54, 1.807) is 0 Å². The zero-order valence-corrected chi connectivity index (χ0v) is 19.0. The maximum absolute atomic E-state index is 15.2. The van der Waals surface area contributed by atoms with Crippen LogP contribution in [0.15, 0.2) is 41.2 Å². The van der Waals surface area contributed by atoms with Crippen molar-refractivity contribution in [1.29, 1.82) is 0 Å². The van der Waals surface area contributed by atoms with E-state index >= 15 is 8.78 Å². The van der Waals surface area contributed by atoms with E-state index in [1.165, 1.54) is 0 Å². The van der Waals surface area contributed by atoms with E-state index in [4.69, 9.17) is 6.42 Å². The Morgan fingerprint density at radius 2 is 1.65 bits per heavy atom. The van der Waals surface area contributed by atoms with Crippen molar-refractivity contribution in [2.24, 2.45) is 10.9 Å². The van der Waals surface area contributed by atoms with Crippen LogP contribution in [0.25, 0.3) is 5.57 Å². The van der Waals surface area contributed by atoms with E-state index in [0.717, 1.165) is 44.7 Å². The molecular weight excluding hydrogens is 509 g/mol. The Bertz CT molecular complexity index is 1350. The first-order chi connectivity index (χ1) is 17.6. The number of nitrogens with zero attached hydrogens (tertiary/aromatic N) is 2. The predicted molar refractivity (Wildman–Crippen MR) is 119 cm³/mol. The van der Waals surface area contributed by atoms with Gasteiger partial charge >= 0.3 is 19.3 Å². The third-order valence-electron chi connectivity index (χ3n) is 5.11. The summed E-state index contributed by atoms with van der Waals surface area (Å²) in [5.41, 5.74) is -3.68. The molecule has 0 fully saturated rings. The van der Waals surface area contributed by atoms with Crippen LogP contribution >= 0.6 is 0 Å². The fraction of sp³-hybridized carbons (Fsp3) is 0.174. The molecule has 0 spiro atoms. The molecule has 0 N–H and O–H groups in total. The van der Waals surface area contributed by atoms with Gasteiger partial charge in [-0.1, -0.05) is 5.92 Å². The number of carbonyl (C=O) groups excluding carboxylic acids is 2. The highest BCUT2D eigenvalue weighted by Gasteiger charge is 2.37. The maximum atomic E-state index is 15.2. The molecule has 2 heterocycles. The number of aliphatic imine (C=N–C) groups is 1. The molecule has 0 amide bonds. The number of halogens is 6. The largest absolute Gasteiger partial charge is 0.677 e. The predicted octanol–water partition coefficient (Wildman–Crippen LogP) is 3.56. The van der Waals surface area contributed by atoms with Crippen molar-refractivity contribution >= 4 is 30.6 Å². The van der Waals surface area contributed by atoms with E-state index in [1.807, 2.05) is 5.92 Å². The van der Waals surface area contributed by atoms with Gasteiger partial charge in [0.05, 0.1) is 31.2 Å². The molecule has 0 aliphatic carbocycles. The standard InChI is InChI=1S/C23H15BF6N2O5/c1-4-10-37-21-19(27)17(25)16(18(26)20(21)28)14(13-6-5-9-32(13)24(29)30)11-7-8-12(31-11)15(22(33)35-2)23(34)36-3/h1,5-9,15H,10H2,2-3H3/b14-11-. The zero-order valence-electron chi connectivity index (χ0n) is 19.0. The van der Waals surface area contributed by atoms with Gasteiger partial charge in [-0.2, -0.15) is 8.78 Å². The van der Waals surface area contributed by atoms with E-state index < -0.39 is 83.4 Å². The van der Waals surface area contributed by atoms with Gasteiger partial charge in [-0.3, -0.25) is 23.2 Å². The summed E-state index contributed by atoms with van der Waals surface area (Å²) >= 11 is 0. The average molecular weight is 524 g/mol. The number of rotatable bonds is 8. The summed E-state index contributed by atoms with van der Waals surface area (Å²) in [6.07, 6.45) is 7.85. The molecule has 192 valence electrons. The molecule has 0 atom stereocenters. The second-order valence-corrected chi connectivity index (χ2v) is 7.14. The van der Waals surface area contributed by atoms with Crippen LogP contribution in [0.2, 0.25) is 0 Å². The molecule has 0 saturated carbocycles. The highest BCUT2D eigenvalue weighted by Crippen LogP contribution is 2.39. The Morgan fingerprint density at radius 3 is 2.16 bits per heavy atom. The number of methoxy groups -OCH3 is 2.